The third-order valence-electron chi connectivity index (χ3n) is 3.32. The molecule has 2 heterocycles. The Hall–Kier alpha value is -0.760. The third kappa shape index (κ3) is 2.81. The average Bonchev–Trinajstić information content (AvgIpc) is 3.07. The molecule has 1 aliphatic carbocycles. The van der Waals surface area contributed by atoms with E-state index in [1.165, 1.54) is 34.7 Å². The highest BCUT2D eigenvalue weighted by molar-refractivity contribution is 7.91. The van der Waals surface area contributed by atoms with Crippen LogP contribution < -0.4 is 4.72 Å². The Bertz CT molecular complexity index is 666. The van der Waals surface area contributed by atoms with E-state index in [2.05, 4.69) is 9.71 Å². The van der Waals surface area contributed by atoms with E-state index in [0.717, 1.165) is 17.8 Å². The van der Waals surface area contributed by atoms with Crippen LogP contribution in [0.3, 0.4) is 0 Å². The summed E-state index contributed by atoms with van der Waals surface area (Å²) in [5, 5.41) is 2.64. The number of hydrogen-bond donors (Lipinski definition) is 1. The number of nitrogens with one attached hydrogen (secondary N) is 1. The van der Waals surface area contributed by atoms with E-state index in [0.29, 0.717) is 4.21 Å². The average molecular weight is 328 g/mol. The molecule has 0 aliphatic heterocycles. The predicted molar refractivity (Wildman–Crippen MR) is 81.8 cm³/mol. The van der Waals surface area contributed by atoms with Gasteiger partial charge >= 0.3 is 0 Å². The van der Waals surface area contributed by atoms with Crippen LogP contribution in [-0.2, 0) is 22.9 Å². The Morgan fingerprint density at radius 1 is 1.35 bits per heavy atom. The number of fused-ring (bicyclic) bond motifs is 1. The molecule has 1 atom stereocenters. The van der Waals surface area contributed by atoms with E-state index in [4.69, 9.17) is 0 Å². The molecule has 7 heteroatoms. The molecule has 1 aliphatic rings. The van der Waals surface area contributed by atoms with Crippen LogP contribution in [0.1, 0.15) is 41.4 Å². The lowest BCUT2D eigenvalue weighted by molar-refractivity contribution is 0.568. The summed E-state index contributed by atoms with van der Waals surface area (Å²) in [6, 6.07) is 3.08. The fraction of sp³-hybridized carbons (Fsp3) is 0.462. The Morgan fingerprint density at radius 3 is 2.85 bits per heavy atom. The number of hydrogen-bond acceptors (Lipinski definition) is 5. The summed E-state index contributed by atoms with van der Waals surface area (Å²) in [5.74, 6) is 0. The number of rotatable bonds is 4. The molecule has 1 N–H and O–H groups in total. The highest BCUT2D eigenvalue weighted by Crippen LogP contribution is 2.30. The van der Waals surface area contributed by atoms with Gasteiger partial charge in [-0.05, 0) is 44.1 Å². The normalized spacial score (nSPS) is 16.9. The molecule has 0 radical (unpaired) electrons. The maximum absolute atomic E-state index is 12.2. The summed E-state index contributed by atoms with van der Waals surface area (Å²) in [6.45, 7) is 1.86. The first-order valence-corrected chi connectivity index (χ1v) is 9.78. The van der Waals surface area contributed by atoms with Crippen LogP contribution in [0.5, 0.6) is 0 Å². The molecule has 0 bridgehead atoms. The van der Waals surface area contributed by atoms with Crippen LogP contribution in [0.15, 0.2) is 21.7 Å². The second kappa shape index (κ2) is 5.55. The lowest BCUT2D eigenvalue weighted by Gasteiger charge is -2.10. The highest BCUT2D eigenvalue weighted by atomic mass is 32.2. The third-order valence-corrected chi connectivity index (χ3v) is 7.60. The Labute approximate surface area is 126 Å². The van der Waals surface area contributed by atoms with E-state index >= 15 is 0 Å². The van der Waals surface area contributed by atoms with Crippen molar-refractivity contribution in [2.24, 2.45) is 0 Å². The van der Waals surface area contributed by atoms with Gasteiger partial charge in [-0.25, -0.2) is 18.1 Å². The molecule has 0 saturated heterocycles. The van der Waals surface area contributed by atoms with Gasteiger partial charge in [0.25, 0.3) is 10.0 Å². The van der Waals surface area contributed by atoms with Gasteiger partial charge in [0.05, 0.1) is 11.7 Å². The Kier molecular flexibility index (Phi) is 3.94. The summed E-state index contributed by atoms with van der Waals surface area (Å²) >= 11 is 2.87. The smallest absolute Gasteiger partial charge is 0.244 e. The Balaban J connectivity index is 1.79. The van der Waals surface area contributed by atoms with E-state index < -0.39 is 10.0 Å². The van der Waals surface area contributed by atoms with E-state index in [-0.39, 0.29) is 6.04 Å². The van der Waals surface area contributed by atoms with Crippen molar-refractivity contribution in [3.8, 4) is 0 Å². The molecular formula is C13H16N2O2S3. The van der Waals surface area contributed by atoms with Gasteiger partial charge in [-0.2, -0.15) is 0 Å². The SMILES string of the molecule is CC(NS(=O)(=O)c1cccs1)c1nc2c(s1)CCCC2. The van der Waals surface area contributed by atoms with Gasteiger partial charge in [0, 0.05) is 4.88 Å². The van der Waals surface area contributed by atoms with Crippen LogP contribution in [0, 0.1) is 0 Å². The zero-order valence-corrected chi connectivity index (χ0v) is 13.6. The summed E-state index contributed by atoms with van der Waals surface area (Å²) in [5.41, 5.74) is 1.17. The minimum atomic E-state index is -3.43. The number of sulfonamides is 1. The highest BCUT2D eigenvalue weighted by Gasteiger charge is 2.23. The van der Waals surface area contributed by atoms with Crippen molar-refractivity contribution in [3.05, 3.63) is 33.1 Å². The van der Waals surface area contributed by atoms with Crippen LogP contribution in [0.4, 0.5) is 0 Å². The number of thiophene rings is 1. The molecule has 20 heavy (non-hydrogen) atoms. The molecule has 3 rings (SSSR count). The van der Waals surface area contributed by atoms with Crippen molar-refractivity contribution in [2.75, 3.05) is 0 Å². The van der Waals surface area contributed by atoms with Crippen molar-refractivity contribution >= 4 is 32.7 Å². The van der Waals surface area contributed by atoms with Gasteiger partial charge in [-0.15, -0.1) is 22.7 Å². The first kappa shape index (κ1) is 14.2. The maximum atomic E-state index is 12.2. The maximum Gasteiger partial charge on any atom is 0.250 e. The fourth-order valence-corrected chi connectivity index (χ4v) is 5.76. The topological polar surface area (TPSA) is 59.1 Å². The summed E-state index contributed by atoms with van der Waals surface area (Å²) in [6.07, 6.45) is 4.50. The lowest BCUT2D eigenvalue weighted by atomic mass is 10.0. The van der Waals surface area contributed by atoms with Crippen LogP contribution in [0.25, 0.3) is 0 Å². The molecule has 0 aromatic carbocycles. The number of thiazole rings is 1. The summed E-state index contributed by atoms with van der Waals surface area (Å²) in [4.78, 5) is 5.94. The van der Waals surface area contributed by atoms with Crippen molar-refractivity contribution in [2.45, 2.75) is 42.9 Å². The largest absolute Gasteiger partial charge is 0.250 e. The van der Waals surface area contributed by atoms with Gasteiger partial charge in [0.1, 0.15) is 9.22 Å². The number of aromatic nitrogens is 1. The van der Waals surface area contributed by atoms with Crippen LogP contribution in [-0.4, -0.2) is 13.4 Å². The van der Waals surface area contributed by atoms with E-state index in [1.54, 1.807) is 28.8 Å². The molecule has 1 unspecified atom stereocenters. The second-order valence-corrected chi connectivity index (χ2v) is 8.91. The second-order valence-electron chi connectivity index (χ2n) is 4.90. The predicted octanol–water partition coefficient (Wildman–Crippen LogP) is 3.12. The van der Waals surface area contributed by atoms with Gasteiger partial charge in [0.2, 0.25) is 0 Å². The molecule has 2 aromatic rings. The minimum absolute atomic E-state index is 0.280. The zero-order valence-electron chi connectivity index (χ0n) is 11.1. The van der Waals surface area contributed by atoms with Gasteiger partial charge in [0.15, 0.2) is 0 Å². The van der Waals surface area contributed by atoms with Gasteiger partial charge < -0.3 is 0 Å². The first-order chi connectivity index (χ1) is 9.56. The van der Waals surface area contributed by atoms with Crippen molar-refractivity contribution in [1.29, 1.82) is 0 Å². The van der Waals surface area contributed by atoms with Crippen LogP contribution in [0.2, 0.25) is 0 Å². The van der Waals surface area contributed by atoms with Gasteiger partial charge in [-0.1, -0.05) is 6.07 Å². The number of aryl methyl sites for hydroxylation is 2. The monoisotopic (exact) mass is 328 g/mol. The van der Waals surface area contributed by atoms with Crippen molar-refractivity contribution in [3.63, 3.8) is 0 Å². The summed E-state index contributed by atoms with van der Waals surface area (Å²) in [7, 11) is -3.43. The van der Waals surface area contributed by atoms with Gasteiger partial charge in [-0.3, -0.25) is 0 Å². The Morgan fingerprint density at radius 2 is 2.15 bits per heavy atom. The van der Waals surface area contributed by atoms with Crippen molar-refractivity contribution in [1.82, 2.24) is 9.71 Å². The minimum Gasteiger partial charge on any atom is -0.244 e. The quantitative estimate of drug-likeness (QED) is 0.938. The molecule has 2 aromatic heterocycles. The van der Waals surface area contributed by atoms with Crippen LogP contribution >= 0.6 is 22.7 Å². The molecule has 0 saturated carbocycles. The molecule has 0 spiro atoms. The van der Waals surface area contributed by atoms with E-state index in [9.17, 15) is 8.42 Å². The molecular weight excluding hydrogens is 312 g/mol. The lowest BCUT2D eigenvalue weighted by Crippen LogP contribution is -2.26. The van der Waals surface area contributed by atoms with Crippen molar-refractivity contribution < 1.29 is 8.42 Å². The molecule has 4 nitrogen and oxygen atoms in total. The molecule has 108 valence electrons. The first-order valence-electron chi connectivity index (χ1n) is 6.60. The fourth-order valence-electron chi connectivity index (χ4n) is 2.31. The zero-order chi connectivity index (χ0) is 14.2. The molecule has 0 amide bonds. The van der Waals surface area contributed by atoms with E-state index in [1.807, 2.05) is 6.92 Å². The number of nitrogens with zero attached hydrogens (tertiary/aromatic N) is 1. The molecule has 0 fully saturated rings. The standard InChI is InChI=1S/C13H16N2O2S3/c1-9(15-20(16,17)12-7-4-8-18-12)13-14-10-5-2-3-6-11(10)19-13/h4,7-9,15H,2-3,5-6H2,1H3. The summed E-state index contributed by atoms with van der Waals surface area (Å²) < 4.78 is 27.5.